The largest absolute Gasteiger partial charge is 0.383 e. The molecule has 1 atom stereocenters. The number of Topliss-reactive ketones (excluding diaryl/α,β-unsaturated/α-hetero) is 1. The maximum absolute atomic E-state index is 13.2. The number of ketones is 1. The third-order valence-corrected chi connectivity index (χ3v) is 5.52. The summed E-state index contributed by atoms with van der Waals surface area (Å²) < 4.78 is 14.5. The van der Waals surface area contributed by atoms with Gasteiger partial charge in [-0.3, -0.25) is 14.4 Å². The number of nitrogens with two attached hydrogens (primary N) is 1. The molecule has 0 unspecified atom stereocenters. The van der Waals surface area contributed by atoms with E-state index in [0.29, 0.717) is 38.0 Å². The van der Waals surface area contributed by atoms with E-state index >= 15 is 0 Å². The molecule has 2 N–H and O–H groups in total. The quantitative estimate of drug-likeness (QED) is 0.766. The Morgan fingerprint density at radius 1 is 1.17 bits per heavy atom. The lowest BCUT2D eigenvalue weighted by atomic mass is 10.0. The van der Waals surface area contributed by atoms with E-state index in [2.05, 4.69) is 5.10 Å². The molecule has 0 radical (unpaired) electrons. The summed E-state index contributed by atoms with van der Waals surface area (Å²) in [7, 11) is 0. The molecule has 4 rings (SSSR count). The molecular formula is C20H22FN5O3. The van der Waals surface area contributed by atoms with Crippen molar-refractivity contribution in [3.63, 3.8) is 0 Å². The summed E-state index contributed by atoms with van der Waals surface area (Å²) in [6.45, 7) is 1.06. The molecule has 2 aliphatic rings. The first-order chi connectivity index (χ1) is 14.0. The highest BCUT2D eigenvalue weighted by atomic mass is 19.1. The maximum atomic E-state index is 13.2. The van der Waals surface area contributed by atoms with Crippen LogP contribution in [0.25, 0.3) is 5.69 Å². The minimum absolute atomic E-state index is 0.00688. The van der Waals surface area contributed by atoms with E-state index in [9.17, 15) is 18.8 Å². The fraction of sp³-hybridized carbons (Fsp3) is 0.400. The number of aromatic nitrogens is 2. The highest BCUT2D eigenvalue weighted by Crippen LogP contribution is 2.26. The number of benzene rings is 1. The van der Waals surface area contributed by atoms with Crippen LogP contribution in [0.5, 0.6) is 0 Å². The van der Waals surface area contributed by atoms with Crippen LogP contribution in [0.4, 0.5) is 10.2 Å². The molecule has 0 bridgehead atoms. The average Bonchev–Trinajstić information content (AvgIpc) is 3.43. The van der Waals surface area contributed by atoms with Gasteiger partial charge in [-0.1, -0.05) is 0 Å². The molecule has 1 aromatic carbocycles. The van der Waals surface area contributed by atoms with Crippen molar-refractivity contribution in [2.24, 2.45) is 0 Å². The molecule has 2 saturated heterocycles. The highest BCUT2D eigenvalue weighted by Gasteiger charge is 2.37. The number of nitrogen functional groups attached to an aromatic ring is 1. The topological polar surface area (TPSA) is 102 Å². The van der Waals surface area contributed by atoms with Crippen LogP contribution in [-0.4, -0.2) is 62.9 Å². The first kappa shape index (κ1) is 19.1. The van der Waals surface area contributed by atoms with Crippen LogP contribution < -0.4 is 5.73 Å². The van der Waals surface area contributed by atoms with E-state index in [0.717, 1.165) is 6.42 Å². The molecule has 9 heteroatoms. The van der Waals surface area contributed by atoms with E-state index in [1.165, 1.54) is 35.1 Å². The zero-order valence-corrected chi connectivity index (χ0v) is 15.9. The lowest BCUT2D eigenvalue weighted by molar-refractivity contribution is -0.138. The van der Waals surface area contributed by atoms with Gasteiger partial charge in [-0.15, -0.1) is 0 Å². The van der Waals surface area contributed by atoms with Crippen LogP contribution in [0.15, 0.2) is 30.5 Å². The maximum Gasteiger partial charge on any atom is 0.242 e. The number of halogens is 1. The smallest absolute Gasteiger partial charge is 0.242 e. The lowest BCUT2D eigenvalue weighted by Gasteiger charge is -2.26. The van der Waals surface area contributed by atoms with Crippen molar-refractivity contribution < 1.29 is 18.8 Å². The predicted octanol–water partition coefficient (Wildman–Crippen LogP) is 1.39. The fourth-order valence-corrected chi connectivity index (χ4v) is 3.98. The van der Waals surface area contributed by atoms with Gasteiger partial charge >= 0.3 is 0 Å². The molecule has 2 amide bonds. The number of nitrogens with zero attached hydrogens (tertiary/aromatic N) is 4. The van der Waals surface area contributed by atoms with Gasteiger partial charge in [0.15, 0.2) is 5.78 Å². The second-order valence-corrected chi connectivity index (χ2v) is 7.36. The van der Waals surface area contributed by atoms with E-state index in [4.69, 9.17) is 5.73 Å². The summed E-state index contributed by atoms with van der Waals surface area (Å²) in [5.74, 6) is -0.747. The van der Waals surface area contributed by atoms with Crippen LogP contribution >= 0.6 is 0 Å². The molecule has 2 aromatic rings. The van der Waals surface area contributed by atoms with Crippen LogP contribution in [-0.2, 0) is 9.59 Å². The molecule has 152 valence electrons. The second kappa shape index (κ2) is 7.65. The molecule has 0 saturated carbocycles. The minimum Gasteiger partial charge on any atom is -0.383 e. The molecular weight excluding hydrogens is 377 g/mol. The Balaban J connectivity index is 1.52. The van der Waals surface area contributed by atoms with Crippen molar-refractivity contribution in [2.75, 3.05) is 25.4 Å². The predicted molar refractivity (Wildman–Crippen MR) is 103 cm³/mol. The van der Waals surface area contributed by atoms with Gasteiger partial charge in [0.2, 0.25) is 11.8 Å². The Morgan fingerprint density at radius 3 is 2.62 bits per heavy atom. The van der Waals surface area contributed by atoms with E-state index < -0.39 is 6.04 Å². The first-order valence-electron chi connectivity index (χ1n) is 9.66. The van der Waals surface area contributed by atoms with Crippen LogP contribution in [0.3, 0.4) is 0 Å². The number of carbonyl (C=O) groups is 3. The van der Waals surface area contributed by atoms with E-state index in [-0.39, 0.29) is 41.3 Å². The second-order valence-electron chi connectivity index (χ2n) is 7.36. The Labute approximate surface area is 167 Å². The normalized spacial score (nSPS) is 19.2. The number of rotatable bonds is 5. The third kappa shape index (κ3) is 3.59. The average molecular weight is 399 g/mol. The van der Waals surface area contributed by atoms with Crippen molar-refractivity contribution in [2.45, 2.75) is 31.7 Å². The van der Waals surface area contributed by atoms with Crippen LogP contribution in [0.1, 0.15) is 36.0 Å². The van der Waals surface area contributed by atoms with Gasteiger partial charge in [0.25, 0.3) is 0 Å². The summed E-state index contributed by atoms with van der Waals surface area (Å²) in [5, 5.41) is 4.16. The Hall–Kier alpha value is -3.23. The summed E-state index contributed by atoms with van der Waals surface area (Å²) in [6, 6.07) is 4.99. The molecule has 29 heavy (non-hydrogen) atoms. The Kier molecular flexibility index (Phi) is 5.04. The summed E-state index contributed by atoms with van der Waals surface area (Å²) in [5.41, 5.74) is 6.91. The Bertz CT molecular complexity index is 956. The molecule has 1 aromatic heterocycles. The van der Waals surface area contributed by atoms with Gasteiger partial charge in [0.1, 0.15) is 11.6 Å². The van der Waals surface area contributed by atoms with Crippen LogP contribution in [0.2, 0.25) is 0 Å². The number of likely N-dealkylation sites (tertiary alicyclic amines) is 2. The van der Waals surface area contributed by atoms with Gasteiger partial charge in [0.05, 0.1) is 30.0 Å². The van der Waals surface area contributed by atoms with Crippen molar-refractivity contribution in [1.82, 2.24) is 19.6 Å². The minimum atomic E-state index is -0.617. The van der Waals surface area contributed by atoms with Gasteiger partial charge < -0.3 is 15.5 Å². The molecule has 3 heterocycles. The molecule has 8 nitrogen and oxygen atoms in total. The monoisotopic (exact) mass is 399 g/mol. The number of amides is 2. The van der Waals surface area contributed by atoms with Gasteiger partial charge in [-0.05, 0) is 43.5 Å². The first-order valence-corrected chi connectivity index (χ1v) is 9.66. The number of hydrogen-bond donors (Lipinski definition) is 1. The lowest BCUT2D eigenvalue weighted by Crippen LogP contribution is -2.46. The molecule has 2 fully saturated rings. The summed E-state index contributed by atoms with van der Waals surface area (Å²) >= 11 is 0. The summed E-state index contributed by atoms with van der Waals surface area (Å²) in [6.07, 6.45) is 3.86. The zero-order chi connectivity index (χ0) is 20.5. The molecule has 2 aliphatic heterocycles. The zero-order valence-electron chi connectivity index (χ0n) is 15.9. The van der Waals surface area contributed by atoms with Gasteiger partial charge in [0, 0.05) is 19.5 Å². The highest BCUT2D eigenvalue weighted by molar-refractivity contribution is 6.05. The van der Waals surface area contributed by atoms with Crippen molar-refractivity contribution in [3.05, 3.63) is 41.8 Å². The SMILES string of the molecule is Nc1c(C(=O)[C@H]2CCCN2C(=O)CN2CCCC2=O)cnn1-c1ccc(F)cc1. The van der Waals surface area contributed by atoms with Gasteiger partial charge in [-0.2, -0.15) is 5.10 Å². The number of carbonyl (C=O) groups excluding carboxylic acids is 3. The number of hydrogen-bond acceptors (Lipinski definition) is 5. The number of anilines is 1. The van der Waals surface area contributed by atoms with E-state index in [1.807, 2.05) is 0 Å². The third-order valence-electron chi connectivity index (χ3n) is 5.52. The standard InChI is InChI=1S/C20H22FN5O3/c21-13-5-7-14(8-6-13)26-20(22)15(11-23-26)19(29)16-3-1-10-25(16)18(28)12-24-9-2-4-17(24)27/h5-8,11,16H,1-4,9-10,12,22H2/t16-/m1/s1. The Morgan fingerprint density at radius 2 is 1.93 bits per heavy atom. The van der Waals surface area contributed by atoms with Gasteiger partial charge in [-0.25, -0.2) is 9.07 Å². The fourth-order valence-electron chi connectivity index (χ4n) is 3.98. The van der Waals surface area contributed by atoms with Crippen molar-refractivity contribution >= 4 is 23.4 Å². The van der Waals surface area contributed by atoms with Crippen LogP contribution in [0, 0.1) is 5.82 Å². The molecule has 0 spiro atoms. The van der Waals surface area contributed by atoms with E-state index in [1.54, 1.807) is 9.80 Å². The van der Waals surface area contributed by atoms with Crippen molar-refractivity contribution in [1.29, 1.82) is 0 Å². The molecule has 0 aliphatic carbocycles. The summed E-state index contributed by atoms with van der Waals surface area (Å²) in [4.78, 5) is 40.7. The van der Waals surface area contributed by atoms with Crippen molar-refractivity contribution in [3.8, 4) is 5.69 Å².